The van der Waals surface area contributed by atoms with Crippen LogP contribution < -0.4 is 0 Å². The number of carbonyl (C=O) groups is 2. The van der Waals surface area contributed by atoms with Crippen LogP contribution in [0.1, 0.15) is 12.8 Å². The van der Waals surface area contributed by atoms with Crippen molar-refractivity contribution in [2.24, 2.45) is 0 Å². The number of esters is 2. The third-order valence-electron chi connectivity index (χ3n) is 1.51. The Morgan fingerprint density at radius 1 is 1.00 bits per heavy atom. The third-order valence-corrected chi connectivity index (χ3v) is 1.95. The van der Waals surface area contributed by atoms with E-state index >= 15 is 0 Å². The van der Waals surface area contributed by atoms with Crippen LogP contribution in [-0.4, -0.2) is 47.9 Å². The van der Waals surface area contributed by atoms with Gasteiger partial charge in [0.2, 0.25) is 0 Å². The predicted octanol–water partition coefficient (Wildman–Crippen LogP) is 0.0735. The molecule has 0 unspecified atom stereocenters. The molecule has 0 amide bonds. The van der Waals surface area contributed by atoms with Gasteiger partial charge in [0.1, 0.15) is 19.3 Å². The quantitative estimate of drug-likeness (QED) is 0.429. The van der Waals surface area contributed by atoms with Gasteiger partial charge >= 0.3 is 11.9 Å². The highest BCUT2D eigenvalue weighted by Gasteiger charge is 2.11. The highest BCUT2D eigenvalue weighted by molar-refractivity contribution is 7.80. The van der Waals surface area contributed by atoms with Gasteiger partial charge in [0.05, 0.1) is 12.8 Å². The molecule has 0 aliphatic carbocycles. The van der Waals surface area contributed by atoms with Gasteiger partial charge in [0.15, 0.2) is 0 Å². The predicted molar refractivity (Wildman–Crippen MR) is 64.9 cm³/mol. The Hall–Kier alpha value is -0.400. The Bertz CT molecular complexity index is 200. The molecular formula is C9H16O5S2. The lowest BCUT2D eigenvalue weighted by atomic mass is 10.4. The summed E-state index contributed by atoms with van der Waals surface area (Å²) in [4.78, 5) is 21.8. The van der Waals surface area contributed by atoms with E-state index in [-0.39, 0.29) is 26.1 Å². The van der Waals surface area contributed by atoms with Gasteiger partial charge in [0.25, 0.3) is 0 Å². The zero-order chi connectivity index (χ0) is 12.4. The maximum absolute atomic E-state index is 10.9. The number of thiol groups is 2. The van der Waals surface area contributed by atoms with Crippen LogP contribution in [0.15, 0.2) is 0 Å². The van der Waals surface area contributed by atoms with E-state index in [1.165, 1.54) is 0 Å². The molecule has 0 heterocycles. The van der Waals surface area contributed by atoms with E-state index in [1.807, 2.05) is 0 Å². The molecular weight excluding hydrogens is 252 g/mol. The first-order chi connectivity index (χ1) is 7.60. The average Bonchev–Trinajstić information content (AvgIpc) is 2.24. The van der Waals surface area contributed by atoms with Crippen molar-refractivity contribution in [3.8, 4) is 0 Å². The Labute approximate surface area is 105 Å². The Kier molecular flexibility index (Phi) is 9.55. The second kappa shape index (κ2) is 9.80. The fourth-order valence-corrected chi connectivity index (χ4v) is 1.12. The normalized spacial score (nSPS) is 10.2. The number of ether oxygens (including phenoxy) is 2. The standard InChI is InChI=1S/C9H16O5S2/c10-7(5-13-8(11)1-3-15)6-14-9(12)2-4-16/h7,10,15-16H,1-6H2. The first-order valence-electron chi connectivity index (χ1n) is 4.81. The number of hydrogen-bond donors (Lipinski definition) is 3. The van der Waals surface area contributed by atoms with Gasteiger partial charge in [-0.3, -0.25) is 9.59 Å². The summed E-state index contributed by atoms with van der Waals surface area (Å²) in [5, 5.41) is 9.29. The molecule has 0 spiro atoms. The topological polar surface area (TPSA) is 72.8 Å². The molecule has 0 aliphatic heterocycles. The highest BCUT2D eigenvalue weighted by Crippen LogP contribution is 1.95. The SMILES string of the molecule is O=C(CCS)OCC(O)COC(=O)CCS. The summed E-state index contributed by atoms with van der Waals surface area (Å²) in [6.07, 6.45) is -0.613. The molecule has 0 aromatic heterocycles. The van der Waals surface area contributed by atoms with Crippen LogP contribution in [0.5, 0.6) is 0 Å². The third kappa shape index (κ3) is 8.87. The lowest BCUT2D eigenvalue weighted by Crippen LogP contribution is -2.25. The van der Waals surface area contributed by atoms with Gasteiger partial charge in [0, 0.05) is 11.5 Å². The van der Waals surface area contributed by atoms with Crippen molar-refractivity contribution in [2.75, 3.05) is 24.7 Å². The van der Waals surface area contributed by atoms with Crippen LogP contribution in [0.4, 0.5) is 0 Å². The van der Waals surface area contributed by atoms with Crippen LogP contribution in [0.3, 0.4) is 0 Å². The van der Waals surface area contributed by atoms with Crippen molar-refractivity contribution < 1.29 is 24.2 Å². The van der Waals surface area contributed by atoms with Crippen molar-refractivity contribution in [3.05, 3.63) is 0 Å². The molecule has 0 aromatic carbocycles. The molecule has 0 rings (SSSR count). The fourth-order valence-electron chi connectivity index (χ4n) is 0.753. The summed E-state index contributed by atoms with van der Waals surface area (Å²) < 4.78 is 9.38. The summed E-state index contributed by atoms with van der Waals surface area (Å²) in [5.41, 5.74) is 0. The highest BCUT2D eigenvalue weighted by atomic mass is 32.1. The minimum atomic E-state index is -0.993. The molecule has 0 radical (unpaired) electrons. The Morgan fingerprint density at radius 2 is 1.38 bits per heavy atom. The van der Waals surface area contributed by atoms with E-state index in [0.717, 1.165) is 0 Å². The van der Waals surface area contributed by atoms with E-state index in [1.54, 1.807) is 0 Å². The Balaban J connectivity index is 3.54. The van der Waals surface area contributed by atoms with E-state index in [2.05, 4.69) is 25.3 Å². The fraction of sp³-hybridized carbons (Fsp3) is 0.778. The van der Waals surface area contributed by atoms with Crippen molar-refractivity contribution in [2.45, 2.75) is 18.9 Å². The van der Waals surface area contributed by atoms with E-state index in [4.69, 9.17) is 9.47 Å². The van der Waals surface area contributed by atoms with Crippen LogP contribution in [0, 0.1) is 0 Å². The van der Waals surface area contributed by atoms with Gasteiger partial charge in [-0.1, -0.05) is 0 Å². The lowest BCUT2D eigenvalue weighted by Gasteiger charge is -2.11. The van der Waals surface area contributed by atoms with Crippen LogP contribution >= 0.6 is 25.3 Å². The van der Waals surface area contributed by atoms with Gasteiger partial charge in [-0.25, -0.2) is 0 Å². The summed E-state index contributed by atoms with van der Waals surface area (Å²) in [6.45, 7) is -0.360. The smallest absolute Gasteiger partial charge is 0.306 e. The lowest BCUT2D eigenvalue weighted by molar-refractivity contribution is -0.151. The zero-order valence-corrected chi connectivity index (χ0v) is 10.6. The zero-order valence-electron chi connectivity index (χ0n) is 8.79. The second-order valence-corrected chi connectivity index (χ2v) is 3.86. The first-order valence-corrected chi connectivity index (χ1v) is 6.07. The van der Waals surface area contributed by atoms with Gasteiger partial charge in [-0.15, -0.1) is 0 Å². The molecule has 1 N–H and O–H groups in total. The molecule has 0 bridgehead atoms. The van der Waals surface area contributed by atoms with Gasteiger partial charge in [-0.05, 0) is 0 Å². The number of carbonyl (C=O) groups excluding carboxylic acids is 2. The van der Waals surface area contributed by atoms with Crippen LogP contribution in [0.25, 0.3) is 0 Å². The molecule has 7 heteroatoms. The van der Waals surface area contributed by atoms with Crippen molar-refractivity contribution >= 4 is 37.2 Å². The molecule has 0 saturated carbocycles. The number of rotatable bonds is 8. The van der Waals surface area contributed by atoms with Gasteiger partial charge < -0.3 is 14.6 Å². The van der Waals surface area contributed by atoms with E-state index < -0.39 is 18.0 Å². The molecule has 16 heavy (non-hydrogen) atoms. The van der Waals surface area contributed by atoms with Crippen LogP contribution in [-0.2, 0) is 19.1 Å². The van der Waals surface area contributed by atoms with Gasteiger partial charge in [-0.2, -0.15) is 25.3 Å². The summed E-state index contributed by atoms with van der Waals surface area (Å²) in [6, 6.07) is 0. The molecule has 0 atom stereocenters. The summed E-state index contributed by atoms with van der Waals surface area (Å²) in [7, 11) is 0. The minimum absolute atomic E-state index is 0.180. The largest absolute Gasteiger partial charge is 0.463 e. The van der Waals surface area contributed by atoms with Crippen molar-refractivity contribution in [1.29, 1.82) is 0 Å². The molecule has 5 nitrogen and oxygen atoms in total. The minimum Gasteiger partial charge on any atom is -0.463 e. The second-order valence-electron chi connectivity index (χ2n) is 2.97. The van der Waals surface area contributed by atoms with Crippen molar-refractivity contribution in [3.63, 3.8) is 0 Å². The number of aliphatic hydroxyl groups excluding tert-OH is 1. The molecule has 0 fully saturated rings. The Morgan fingerprint density at radius 3 is 1.69 bits per heavy atom. The van der Waals surface area contributed by atoms with Crippen molar-refractivity contribution in [1.82, 2.24) is 0 Å². The first kappa shape index (κ1) is 15.6. The van der Waals surface area contributed by atoms with E-state index in [9.17, 15) is 14.7 Å². The maximum atomic E-state index is 10.9. The molecule has 0 aromatic rings. The molecule has 94 valence electrons. The number of aliphatic hydroxyl groups is 1. The van der Waals surface area contributed by atoms with E-state index in [0.29, 0.717) is 11.5 Å². The monoisotopic (exact) mass is 268 g/mol. The van der Waals surface area contributed by atoms with Crippen LogP contribution in [0.2, 0.25) is 0 Å². The summed E-state index contributed by atoms with van der Waals surface area (Å²) in [5.74, 6) is -0.0796. The summed E-state index contributed by atoms with van der Waals surface area (Å²) >= 11 is 7.71. The maximum Gasteiger partial charge on any atom is 0.306 e. The molecule has 0 saturated heterocycles. The molecule has 0 aliphatic rings. The number of hydrogen-bond acceptors (Lipinski definition) is 7. The average molecular weight is 268 g/mol.